The monoisotopic (exact) mass is 353 g/mol. The third kappa shape index (κ3) is 3.88. The first kappa shape index (κ1) is 17.2. The summed E-state index contributed by atoms with van der Waals surface area (Å²) in [5.74, 6) is 1.32. The third-order valence-electron chi connectivity index (χ3n) is 3.82. The van der Waals surface area contributed by atoms with Crippen molar-refractivity contribution in [2.75, 3.05) is 5.75 Å². The summed E-state index contributed by atoms with van der Waals surface area (Å²) in [5.41, 5.74) is 3.66. The summed E-state index contributed by atoms with van der Waals surface area (Å²) in [6.07, 6.45) is 3.48. The molecule has 3 aromatic rings. The van der Waals surface area contributed by atoms with E-state index in [-0.39, 0.29) is 0 Å². The van der Waals surface area contributed by atoms with E-state index in [1.807, 2.05) is 47.9 Å². The molecule has 0 unspecified atom stereocenters. The molecule has 0 fully saturated rings. The van der Waals surface area contributed by atoms with Crippen LogP contribution in [0.25, 0.3) is 11.4 Å². The molecule has 0 radical (unpaired) electrons. The highest BCUT2D eigenvalue weighted by molar-refractivity contribution is 7.99. The lowest BCUT2D eigenvalue weighted by molar-refractivity contribution is 0.319. The highest BCUT2D eigenvalue weighted by Crippen LogP contribution is 2.24. The van der Waals surface area contributed by atoms with Gasteiger partial charge in [0.05, 0.1) is 5.71 Å². The summed E-state index contributed by atoms with van der Waals surface area (Å²) in [7, 11) is 0. The van der Waals surface area contributed by atoms with Gasteiger partial charge in [-0.2, -0.15) is 0 Å². The molecule has 0 aliphatic rings. The Balaban J connectivity index is 1.79. The highest BCUT2D eigenvalue weighted by atomic mass is 32.2. The van der Waals surface area contributed by atoms with Crippen LogP contribution >= 0.6 is 11.8 Å². The minimum absolute atomic E-state index is 0.508. The van der Waals surface area contributed by atoms with Gasteiger partial charge in [-0.25, -0.2) is 0 Å². The number of hydrogen-bond donors (Lipinski definition) is 1. The number of rotatable bonds is 6. The van der Waals surface area contributed by atoms with Crippen molar-refractivity contribution in [3.05, 3.63) is 59.9 Å². The maximum absolute atomic E-state index is 9.36. The van der Waals surface area contributed by atoms with Gasteiger partial charge in [-0.3, -0.25) is 4.98 Å². The quantitative estimate of drug-likeness (QED) is 0.317. The summed E-state index contributed by atoms with van der Waals surface area (Å²) in [6, 6.07) is 11.7. The minimum Gasteiger partial charge on any atom is -0.411 e. The average molecular weight is 353 g/mol. The maximum Gasteiger partial charge on any atom is 0.191 e. The zero-order valence-corrected chi connectivity index (χ0v) is 14.9. The van der Waals surface area contributed by atoms with Crippen molar-refractivity contribution in [2.45, 2.75) is 25.5 Å². The molecule has 6 nitrogen and oxygen atoms in total. The molecule has 1 aromatic carbocycles. The maximum atomic E-state index is 9.36. The molecule has 25 heavy (non-hydrogen) atoms. The van der Waals surface area contributed by atoms with Crippen LogP contribution in [-0.4, -0.2) is 36.4 Å². The van der Waals surface area contributed by atoms with Gasteiger partial charge in [0, 0.05) is 35.8 Å². The zero-order valence-electron chi connectivity index (χ0n) is 14.1. The van der Waals surface area contributed by atoms with Gasteiger partial charge in [0.15, 0.2) is 11.0 Å². The van der Waals surface area contributed by atoms with Gasteiger partial charge in [0.25, 0.3) is 0 Å². The van der Waals surface area contributed by atoms with E-state index in [1.165, 1.54) is 17.3 Å². The fourth-order valence-electron chi connectivity index (χ4n) is 2.44. The zero-order chi connectivity index (χ0) is 17.6. The Morgan fingerprint density at radius 1 is 1.12 bits per heavy atom. The number of nitrogens with zero attached hydrogens (tertiary/aromatic N) is 5. The van der Waals surface area contributed by atoms with Crippen molar-refractivity contribution in [1.29, 1.82) is 0 Å². The van der Waals surface area contributed by atoms with E-state index >= 15 is 0 Å². The Morgan fingerprint density at radius 2 is 1.84 bits per heavy atom. The van der Waals surface area contributed by atoms with Gasteiger partial charge >= 0.3 is 0 Å². The van der Waals surface area contributed by atoms with E-state index in [9.17, 15) is 5.21 Å². The molecule has 0 bridgehead atoms. The molecule has 0 aliphatic heterocycles. The number of hydrogen-bond acceptors (Lipinski definition) is 6. The normalized spacial score (nSPS) is 11.7. The van der Waals surface area contributed by atoms with E-state index < -0.39 is 0 Å². The molecule has 2 heterocycles. The first-order valence-corrected chi connectivity index (χ1v) is 8.96. The average Bonchev–Trinajstić information content (AvgIpc) is 3.07. The number of oxime groups is 1. The second-order valence-electron chi connectivity index (χ2n) is 5.49. The SMILES string of the molecule is CCn1c(SC/C(=N/O)c2ccc(C)cc2)nnc1-c1ccncc1. The second-order valence-corrected chi connectivity index (χ2v) is 6.43. The number of aromatic nitrogens is 4. The lowest BCUT2D eigenvalue weighted by Gasteiger charge is -2.08. The Labute approximate surface area is 150 Å². The van der Waals surface area contributed by atoms with Crippen LogP contribution in [0.3, 0.4) is 0 Å². The molecule has 0 amide bonds. The first-order valence-electron chi connectivity index (χ1n) is 7.97. The molecule has 0 spiro atoms. The molecular formula is C18H19N5OS. The van der Waals surface area contributed by atoms with Crippen LogP contribution in [0, 0.1) is 6.92 Å². The topological polar surface area (TPSA) is 76.2 Å². The summed E-state index contributed by atoms with van der Waals surface area (Å²) in [6.45, 7) is 4.83. The van der Waals surface area contributed by atoms with Crippen LogP contribution in [0.2, 0.25) is 0 Å². The van der Waals surface area contributed by atoms with Crippen molar-refractivity contribution in [2.24, 2.45) is 5.16 Å². The molecule has 128 valence electrons. The smallest absolute Gasteiger partial charge is 0.191 e. The lowest BCUT2D eigenvalue weighted by Crippen LogP contribution is -2.06. The molecule has 0 saturated heterocycles. The molecule has 7 heteroatoms. The molecule has 0 aliphatic carbocycles. The van der Waals surface area contributed by atoms with Crippen LogP contribution in [-0.2, 0) is 6.54 Å². The molecule has 1 N–H and O–H groups in total. The third-order valence-corrected chi connectivity index (χ3v) is 4.79. The van der Waals surface area contributed by atoms with Gasteiger partial charge in [-0.15, -0.1) is 10.2 Å². The van der Waals surface area contributed by atoms with E-state index in [1.54, 1.807) is 12.4 Å². The van der Waals surface area contributed by atoms with Gasteiger partial charge < -0.3 is 9.77 Å². The standard InChI is InChI=1S/C18H19N5OS/c1-3-23-17(15-8-10-19-11-9-15)20-21-18(23)25-12-16(22-24)14-6-4-13(2)5-7-14/h4-11,24H,3,12H2,1-2H3/b22-16-. The van der Waals surface area contributed by atoms with Crippen LogP contribution in [0.4, 0.5) is 0 Å². The largest absolute Gasteiger partial charge is 0.411 e. The van der Waals surface area contributed by atoms with Crippen LogP contribution in [0.5, 0.6) is 0 Å². The van der Waals surface area contributed by atoms with Crippen molar-refractivity contribution in [3.8, 4) is 11.4 Å². The molecule has 2 aromatic heterocycles. The Kier molecular flexibility index (Phi) is 5.45. The predicted octanol–water partition coefficient (Wildman–Crippen LogP) is 3.64. The summed E-state index contributed by atoms with van der Waals surface area (Å²) in [5, 5.41) is 22.2. The number of pyridine rings is 1. The molecule has 3 rings (SSSR count). The first-order chi connectivity index (χ1) is 12.2. The predicted molar refractivity (Wildman–Crippen MR) is 99.2 cm³/mol. The van der Waals surface area contributed by atoms with Gasteiger partial charge in [-0.1, -0.05) is 46.7 Å². The van der Waals surface area contributed by atoms with Gasteiger partial charge in [-0.05, 0) is 26.0 Å². The van der Waals surface area contributed by atoms with Crippen molar-refractivity contribution in [1.82, 2.24) is 19.7 Å². The van der Waals surface area contributed by atoms with Crippen LogP contribution in [0.1, 0.15) is 18.1 Å². The van der Waals surface area contributed by atoms with E-state index in [2.05, 4.69) is 27.3 Å². The van der Waals surface area contributed by atoms with E-state index in [4.69, 9.17) is 0 Å². The Hall–Kier alpha value is -2.67. The Bertz CT molecular complexity index is 859. The summed E-state index contributed by atoms with van der Waals surface area (Å²) >= 11 is 1.50. The van der Waals surface area contributed by atoms with Crippen molar-refractivity contribution >= 4 is 17.5 Å². The number of benzene rings is 1. The van der Waals surface area contributed by atoms with Gasteiger partial charge in [0.1, 0.15) is 0 Å². The van der Waals surface area contributed by atoms with Crippen LogP contribution in [0.15, 0.2) is 59.1 Å². The van der Waals surface area contributed by atoms with Crippen molar-refractivity contribution in [3.63, 3.8) is 0 Å². The second kappa shape index (κ2) is 7.94. The van der Waals surface area contributed by atoms with Gasteiger partial charge in [0.2, 0.25) is 0 Å². The fourth-order valence-corrected chi connectivity index (χ4v) is 3.40. The Morgan fingerprint density at radius 3 is 2.48 bits per heavy atom. The van der Waals surface area contributed by atoms with Crippen LogP contribution < -0.4 is 0 Å². The fraction of sp³-hybridized carbons (Fsp3) is 0.222. The molecular weight excluding hydrogens is 334 g/mol. The highest BCUT2D eigenvalue weighted by Gasteiger charge is 2.14. The number of thioether (sulfide) groups is 1. The van der Waals surface area contributed by atoms with E-state index in [0.717, 1.165) is 28.7 Å². The molecule has 0 atom stereocenters. The molecule has 0 saturated carbocycles. The lowest BCUT2D eigenvalue weighted by atomic mass is 10.1. The number of aryl methyl sites for hydroxylation is 1. The van der Waals surface area contributed by atoms with Crippen molar-refractivity contribution < 1.29 is 5.21 Å². The minimum atomic E-state index is 0.508. The summed E-state index contributed by atoms with van der Waals surface area (Å²) in [4.78, 5) is 4.04. The summed E-state index contributed by atoms with van der Waals surface area (Å²) < 4.78 is 2.05. The van der Waals surface area contributed by atoms with E-state index in [0.29, 0.717) is 11.5 Å².